The molecule has 3 rings (SSSR count). The Bertz CT molecular complexity index is 810. The highest BCUT2D eigenvalue weighted by molar-refractivity contribution is 7.98. The molecule has 1 saturated heterocycles. The summed E-state index contributed by atoms with van der Waals surface area (Å²) in [6, 6.07) is 18.7. The summed E-state index contributed by atoms with van der Waals surface area (Å²) in [4.78, 5) is 27.2. The number of benzene rings is 2. The van der Waals surface area contributed by atoms with Gasteiger partial charge in [0, 0.05) is 11.4 Å². The van der Waals surface area contributed by atoms with Crippen molar-refractivity contribution in [3.8, 4) is 0 Å². The lowest BCUT2D eigenvalue weighted by Crippen LogP contribution is -2.51. The van der Waals surface area contributed by atoms with Gasteiger partial charge < -0.3 is 10.2 Å². The maximum atomic E-state index is 12.3. The molecular weight excluding hydrogens is 380 g/mol. The molecule has 1 atom stereocenters. The predicted octanol–water partition coefficient (Wildman–Crippen LogP) is 4.60. The summed E-state index contributed by atoms with van der Waals surface area (Å²) in [6.45, 7) is 0.832. The highest BCUT2D eigenvalue weighted by Gasteiger charge is 2.39. The largest absolute Gasteiger partial charge is 0.355 e. The fraction of sp³-hybridized carbons (Fsp3) is 0.417. The second-order valence-electron chi connectivity index (χ2n) is 7.48. The van der Waals surface area contributed by atoms with Crippen LogP contribution in [0.15, 0.2) is 59.5 Å². The summed E-state index contributed by atoms with van der Waals surface area (Å²) >= 11 is 1.68. The molecule has 1 fully saturated rings. The molecule has 0 aromatic heterocycles. The number of rotatable bonds is 11. The molecule has 0 bridgehead atoms. The van der Waals surface area contributed by atoms with Crippen LogP contribution in [0, 0.1) is 0 Å². The van der Waals surface area contributed by atoms with E-state index in [0.717, 1.165) is 24.8 Å². The standard InChI is InChI=1S/C24H30N2O2S/c1-29-22-15-9-8-14-20(22)21-17-24(28)26(21)18-23(27)25-16-10-3-2-5-11-19-12-6-4-7-13-19/h4,6-9,12-15,21H,2-3,5,10-11,16-18H2,1H3,(H,25,27). The van der Waals surface area contributed by atoms with Crippen molar-refractivity contribution in [2.24, 2.45) is 0 Å². The van der Waals surface area contributed by atoms with Crippen LogP contribution in [0.25, 0.3) is 0 Å². The maximum Gasteiger partial charge on any atom is 0.239 e. The van der Waals surface area contributed by atoms with Crippen LogP contribution in [0.2, 0.25) is 0 Å². The van der Waals surface area contributed by atoms with Crippen molar-refractivity contribution in [2.75, 3.05) is 19.3 Å². The van der Waals surface area contributed by atoms with E-state index in [1.54, 1.807) is 16.7 Å². The number of likely N-dealkylation sites (tertiary alicyclic amines) is 1. The molecule has 154 valence electrons. The zero-order chi connectivity index (χ0) is 20.5. The summed E-state index contributed by atoms with van der Waals surface area (Å²) in [5.41, 5.74) is 2.53. The van der Waals surface area contributed by atoms with Gasteiger partial charge in [-0.2, -0.15) is 0 Å². The van der Waals surface area contributed by atoms with Gasteiger partial charge >= 0.3 is 0 Å². The van der Waals surface area contributed by atoms with Crippen LogP contribution < -0.4 is 5.32 Å². The number of β-lactam (4-membered cyclic amide) rings is 1. The molecule has 0 aliphatic carbocycles. The number of unbranched alkanes of at least 4 members (excludes halogenated alkanes) is 3. The van der Waals surface area contributed by atoms with Gasteiger partial charge in [-0.15, -0.1) is 11.8 Å². The second kappa shape index (κ2) is 11.1. The van der Waals surface area contributed by atoms with Gasteiger partial charge in [0.15, 0.2) is 0 Å². The fourth-order valence-electron chi connectivity index (χ4n) is 3.76. The Kier molecular flexibility index (Phi) is 8.17. The Labute approximate surface area is 178 Å². The molecule has 1 N–H and O–H groups in total. The van der Waals surface area contributed by atoms with Crippen molar-refractivity contribution in [1.82, 2.24) is 10.2 Å². The van der Waals surface area contributed by atoms with Crippen LogP contribution in [-0.2, 0) is 16.0 Å². The van der Waals surface area contributed by atoms with E-state index in [1.165, 1.54) is 23.3 Å². The Morgan fingerprint density at radius 2 is 1.76 bits per heavy atom. The number of nitrogens with one attached hydrogen (secondary N) is 1. The first-order valence-corrected chi connectivity index (χ1v) is 11.6. The average molecular weight is 411 g/mol. The Morgan fingerprint density at radius 1 is 1.03 bits per heavy atom. The zero-order valence-corrected chi connectivity index (χ0v) is 17.9. The number of amides is 2. The quantitative estimate of drug-likeness (QED) is 0.335. The third kappa shape index (κ3) is 6.10. The first-order valence-electron chi connectivity index (χ1n) is 10.4. The van der Waals surface area contributed by atoms with Crippen LogP contribution >= 0.6 is 11.8 Å². The summed E-state index contributed by atoms with van der Waals surface area (Å²) in [5.74, 6) is -0.00376. The monoisotopic (exact) mass is 410 g/mol. The average Bonchev–Trinajstić information content (AvgIpc) is 2.76. The summed E-state index contributed by atoms with van der Waals surface area (Å²) in [5, 5.41) is 2.97. The lowest BCUT2D eigenvalue weighted by atomic mass is 9.94. The minimum absolute atomic E-state index is 0.0230. The molecule has 0 radical (unpaired) electrons. The first-order chi connectivity index (χ1) is 14.2. The van der Waals surface area contributed by atoms with Crippen LogP contribution in [0.1, 0.15) is 49.3 Å². The van der Waals surface area contributed by atoms with Crippen molar-refractivity contribution in [2.45, 2.75) is 49.5 Å². The van der Waals surface area contributed by atoms with E-state index in [1.807, 2.05) is 24.5 Å². The molecule has 1 unspecified atom stereocenters. The van der Waals surface area contributed by atoms with Crippen molar-refractivity contribution in [1.29, 1.82) is 0 Å². The maximum absolute atomic E-state index is 12.3. The molecule has 1 aliphatic rings. The van der Waals surface area contributed by atoms with E-state index in [9.17, 15) is 9.59 Å². The number of hydrogen-bond acceptors (Lipinski definition) is 3. The molecule has 29 heavy (non-hydrogen) atoms. The molecule has 5 heteroatoms. The van der Waals surface area contributed by atoms with Gasteiger partial charge in [-0.05, 0) is 42.7 Å². The van der Waals surface area contributed by atoms with Crippen molar-refractivity contribution in [3.63, 3.8) is 0 Å². The Hall–Kier alpha value is -2.27. The lowest BCUT2D eigenvalue weighted by molar-refractivity contribution is -0.150. The topological polar surface area (TPSA) is 49.4 Å². The van der Waals surface area contributed by atoms with Crippen LogP contribution in [0.3, 0.4) is 0 Å². The molecule has 0 spiro atoms. The van der Waals surface area contributed by atoms with E-state index < -0.39 is 0 Å². The highest BCUT2D eigenvalue weighted by Crippen LogP contribution is 2.38. The van der Waals surface area contributed by atoms with Crippen LogP contribution in [0.5, 0.6) is 0 Å². The predicted molar refractivity (Wildman–Crippen MR) is 119 cm³/mol. The molecule has 1 heterocycles. The van der Waals surface area contributed by atoms with E-state index in [4.69, 9.17) is 0 Å². The van der Waals surface area contributed by atoms with Gasteiger partial charge in [0.2, 0.25) is 11.8 Å². The van der Waals surface area contributed by atoms with Gasteiger partial charge in [0.25, 0.3) is 0 Å². The number of carbonyl (C=O) groups is 2. The van der Waals surface area contributed by atoms with Gasteiger partial charge in [-0.1, -0.05) is 61.4 Å². The number of carbonyl (C=O) groups excluding carboxylic acids is 2. The highest BCUT2D eigenvalue weighted by atomic mass is 32.2. The first kappa shape index (κ1) is 21.4. The molecule has 4 nitrogen and oxygen atoms in total. The van der Waals surface area contributed by atoms with Crippen molar-refractivity contribution >= 4 is 23.6 Å². The fourth-order valence-corrected chi connectivity index (χ4v) is 4.42. The molecular formula is C24H30N2O2S. The van der Waals surface area contributed by atoms with Gasteiger partial charge in [0.1, 0.15) is 6.54 Å². The normalized spacial score (nSPS) is 15.8. The molecule has 0 saturated carbocycles. The SMILES string of the molecule is CSc1ccccc1C1CC(=O)N1CC(=O)NCCCCCCc1ccccc1. The van der Waals surface area contributed by atoms with Gasteiger partial charge in [0.05, 0.1) is 12.5 Å². The smallest absolute Gasteiger partial charge is 0.239 e. The molecule has 2 aromatic carbocycles. The molecule has 2 aromatic rings. The summed E-state index contributed by atoms with van der Waals surface area (Å²) < 4.78 is 0. The summed E-state index contributed by atoms with van der Waals surface area (Å²) in [7, 11) is 0. The van der Waals surface area contributed by atoms with Crippen molar-refractivity contribution < 1.29 is 9.59 Å². The Balaban J connectivity index is 1.33. The number of nitrogens with zero attached hydrogens (tertiary/aromatic N) is 1. The lowest BCUT2D eigenvalue weighted by Gasteiger charge is -2.41. The minimum atomic E-state index is -0.0611. The Morgan fingerprint density at radius 3 is 2.52 bits per heavy atom. The number of aryl methyl sites for hydroxylation is 1. The minimum Gasteiger partial charge on any atom is -0.355 e. The third-order valence-corrected chi connectivity index (χ3v) is 6.25. The van der Waals surface area contributed by atoms with E-state index in [-0.39, 0.29) is 24.4 Å². The number of thioether (sulfide) groups is 1. The van der Waals surface area contributed by atoms with E-state index in [2.05, 4.69) is 41.7 Å². The van der Waals surface area contributed by atoms with Crippen LogP contribution in [0.4, 0.5) is 0 Å². The van der Waals surface area contributed by atoms with Crippen molar-refractivity contribution in [3.05, 3.63) is 65.7 Å². The molecule has 2 amide bonds. The third-order valence-electron chi connectivity index (χ3n) is 5.43. The van der Waals surface area contributed by atoms with Gasteiger partial charge in [-0.3, -0.25) is 9.59 Å². The van der Waals surface area contributed by atoms with Crippen LogP contribution in [-0.4, -0.2) is 36.1 Å². The van der Waals surface area contributed by atoms with Gasteiger partial charge in [-0.25, -0.2) is 0 Å². The second-order valence-corrected chi connectivity index (χ2v) is 8.33. The zero-order valence-electron chi connectivity index (χ0n) is 17.1. The number of hydrogen-bond donors (Lipinski definition) is 1. The molecule has 1 aliphatic heterocycles. The summed E-state index contributed by atoms with van der Waals surface area (Å²) in [6.07, 6.45) is 8.08. The van der Waals surface area contributed by atoms with E-state index >= 15 is 0 Å². The van der Waals surface area contributed by atoms with E-state index in [0.29, 0.717) is 13.0 Å².